The number of hydrogen-bond acceptors (Lipinski definition) is 3. The summed E-state index contributed by atoms with van der Waals surface area (Å²) < 4.78 is 53.8. The smallest absolute Gasteiger partial charge is 0.319 e. The molecule has 0 N–H and O–H groups in total. The number of rotatable bonds is 2. The molecule has 3 heterocycles. The van der Waals surface area contributed by atoms with Crippen LogP contribution in [0.15, 0.2) is 23.1 Å². The van der Waals surface area contributed by atoms with Gasteiger partial charge >= 0.3 is 6.03 Å². The van der Waals surface area contributed by atoms with Crippen LogP contribution in [0.1, 0.15) is 12.8 Å². The highest BCUT2D eigenvalue weighted by Gasteiger charge is 2.42. The summed E-state index contributed by atoms with van der Waals surface area (Å²) in [6, 6.07) is 2.10. The van der Waals surface area contributed by atoms with E-state index in [9.17, 15) is 22.0 Å². The van der Waals surface area contributed by atoms with Gasteiger partial charge in [0.2, 0.25) is 10.0 Å². The molecule has 3 aliphatic rings. The Hall–Kier alpha value is -1.74. The molecule has 0 radical (unpaired) electrons. The van der Waals surface area contributed by atoms with Crippen molar-refractivity contribution in [3.05, 3.63) is 29.8 Å². The maximum atomic E-state index is 13.5. The monoisotopic (exact) mass is 373 g/mol. The van der Waals surface area contributed by atoms with E-state index in [0.717, 1.165) is 18.6 Å². The molecule has 3 aliphatic heterocycles. The fourth-order valence-corrected chi connectivity index (χ4v) is 5.28. The minimum atomic E-state index is -3.95. The van der Waals surface area contributed by atoms with Crippen molar-refractivity contribution in [1.82, 2.24) is 14.1 Å². The summed E-state index contributed by atoms with van der Waals surface area (Å²) in [6.07, 6.45) is 1.48. The lowest BCUT2D eigenvalue weighted by molar-refractivity contribution is 0.167. The van der Waals surface area contributed by atoms with Gasteiger partial charge in [0.15, 0.2) is 11.6 Å². The molecule has 0 saturated carbocycles. The summed E-state index contributed by atoms with van der Waals surface area (Å²) in [5, 5.41) is 0. The van der Waals surface area contributed by atoms with Gasteiger partial charge in [-0.05, 0) is 37.0 Å². The first kappa shape index (κ1) is 18.1. The highest BCUT2D eigenvalue weighted by atomic mass is 32.2. The Balaban J connectivity index is 1.90. The van der Waals surface area contributed by atoms with Crippen molar-refractivity contribution < 1.29 is 22.0 Å². The van der Waals surface area contributed by atoms with E-state index in [1.54, 1.807) is 19.0 Å². The van der Waals surface area contributed by atoms with Crippen molar-refractivity contribution in [2.45, 2.75) is 23.8 Å². The maximum absolute atomic E-state index is 13.5. The Labute approximate surface area is 146 Å². The lowest BCUT2D eigenvalue weighted by atomic mass is 9.97. The number of hydrogen-bond donors (Lipinski definition) is 0. The van der Waals surface area contributed by atoms with Gasteiger partial charge in [-0.2, -0.15) is 4.31 Å². The maximum Gasteiger partial charge on any atom is 0.319 e. The van der Waals surface area contributed by atoms with E-state index < -0.39 is 21.7 Å². The van der Waals surface area contributed by atoms with E-state index >= 15 is 0 Å². The lowest BCUT2D eigenvalue weighted by Gasteiger charge is -2.34. The standard InChI is InChI=1S/C16H21F2N3O3S/c1-19(2)16(22)20-8-11-3-4-12(10-20)21(9-11)25(23,24)13-5-6-14(17)15(18)7-13/h5-7,11-12H,3-4,8-10H2,1-2H3/t11-,12+/m1/s1. The predicted octanol–water partition coefficient (Wildman–Crippen LogP) is 1.73. The third-order valence-electron chi connectivity index (χ3n) is 4.81. The third kappa shape index (κ3) is 3.35. The van der Waals surface area contributed by atoms with Gasteiger partial charge in [-0.3, -0.25) is 0 Å². The molecular formula is C16H21F2N3O3S. The van der Waals surface area contributed by atoms with Crippen LogP contribution in [0.5, 0.6) is 0 Å². The van der Waals surface area contributed by atoms with E-state index in [1.807, 2.05) is 0 Å². The average Bonchev–Trinajstić information content (AvgIpc) is 2.88. The molecule has 25 heavy (non-hydrogen) atoms. The Morgan fingerprint density at radius 3 is 2.48 bits per heavy atom. The number of benzene rings is 1. The van der Waals surface area contributed by atoms with Crippen LogP contribution in [0.4, 0.5) is 13.6 Å². The summed E-state index contributed by atoms with van der Waals surface area (Å²) in [5.74, 6) is -2.24. The molecule has 0 aromatic heterocycles. The van der Waals surface area contributed by atoms with Crippen molar-refractivity contribution in [1.29, 1.82) is 0 Å². The number of nitrogens with zero attached hydrogens (tertiary/aromatic N) is 3. The SMILES string of the molecule is CN(C)C(=O)N1C[C@H]2CC[C@@H](C1)N(S(=O)(=O)c1ccc(F)c(F)c1)C2. The molecule has 4 rings (SSSR count). The molecule has 6 nitrogen and oxygen atoms in total. The van der Waals surface area contributed by atoms with Crippen LogP contribution in [-0.2, 0) is 10.0 Å². The van der Waals surface area contributed by atoms with Gasteiger partial charge in [-0.1, -0.05) is 0 Å². The average molecular weight is 373 g/mol. The number of piperidine rings is 1. The summed E-state index contributed by atoms with van der Waals surface area (Å²) >= 11 is 0. The normalized spacial score (nSPS) is 24.2. The molecule has 0 aliphatic carbocycles. The third-order valence-corrected chi connectivity index (χ3v) is 6.73. The zero-order valence-corrected chi connectivity index (χ0v) is 15.0. The van der Waals surface area contributed by atoms with Crippen LogP contribution in [0, 0.1) is 17.6 Å². The molecule has 2 amide bonds. The molecule has 1 aromatic carbocycles. The summed E-state index contributed by atoms with van der Waals surface area (Å²) in [7, 11) is -0.634. The molecule has 9 heteroatoms. The van der Waals surface area contributed by atoms with Gasteiger partial charge in [0.1, 0.15) is 0 Å². The summed E-state index contributed by atoms with van der Waals surface area (Å²) in [6.45, 7) is 1.08. The Morgan fingerprint density at radius 1 is 1.12 bits per heavy atom. The second-order valence-electron chi connectivity index (χ2n) is 6.83. The van der Waals surface area contributed by atoms with Crippen molar-refractivity contribution >= 4 is 16.1 Å². The molecule has 2 atom stereocenters. The van der Waals surface area contributed by atoms with Crippen LogP contribution in [0.2, 0.25) is 0 Å². The number of halogens is 2. The minimum absolute atomic E-state index is 0.0303. The molecule has 1 aromatic rings. The van der Waals surface area contributed by atoms with Crippen LogP contribution in [0.25, 0.3) is 0 Å². The molecule has 138 valence electrons. The quantitative estimate of drug-likeness (QED) is 0.793. The topological polar surface area (TPSA) is 60.9 Å². The van der Waals surface area contributed by atoms with Gasteiger partial charge in [0, 0.05) is 39.8 Å². The van der Waals surface area contributed by atoms with E-state index in [-0.39, 0.29) is 29.4 Å². The molecule has 0 unspecified atom stereocenters. The molecule has 3 fully saturated rings. The number of sulfonamides is 1. The van der Waals surface area contributed by atoms with Crippen molar-refractivity contribution in [3.63, 3.8) is 0 Å². The van der Waals surface area contributed by atoms with Gasteiger partial charge in [-0.15, -0.1) is 0 Å². The van der Waals surface area contributed by atoms with Gasteiger partial charge in [0.25, 0.3) is 0 Å². The molecular weight excluding hydrogens is 352 g/mol. The van der Waals surface area contributed by atoms with Gasteiger partial charge < -0.3 is 9.80 Å². The Bertz CT molecular complexity index is 785. The van der Waals surface area contributed by atoms with Gasteiger partial charge in [-0.25, -0.2) is 22.0 Å². The highest BCUT2D eigenvalue weighted by Crippen LogP contribution is 2.33. The van der Waals surface area contributed by atoms with E-state index in [1.165, 1.54) is 9.21 Å². The number of carbonyl (C=O) groups is 1. The largest absolute Gasteiger partial charge is 0.331 e. The fourth-order valence-electron chi connectivity index (χ4n) is 3.55. The first-order valence-corrected chi connectivity index (χ1v) is 9.57. The van der Waals surface area contributed by atoms with Crippen LogP contribution < -0.4 is 0 Å². The van der Waals surface area contributed by atoms with Crippen molar-refractivity contribution in [3.8, 4) is 0 Å². The molecule has 3 saturated heterocycles. The van der Waals surface area contributed by atoms with E-state index in [4.69, 9.17) is 0 Å². The van der Waals surface area contributed by atoms with Gasteiger partial charge in [0.05, 0.1) is 4.90 Å². The van der Waals surface area contributed by atoms with E-state index in [2.05, 4.69) is 0 Å². The van der Waals surface area contributed by atoms with Crippen molar-refractivity contribution in [2.75, 3.05) is 33.7 Å². The Kier molecular flexibility index (Phi) is 4.72. The highest BCUT2D eigenvalue weighted by molar-refractivity contribution is 7.89. The lowest BCUT2D eigenvalue weighted by Crippen LogP contribution is -2.48. The number of amides is 2. The predicted molar refractivity (Wildman–Crippen MR) is 87.4 cm³/mol. The Morgan fingerprint density at radius 2 is 1.84 bits per heavy atom. The molecule has 2 bridgehead atoms. The zero-order chi connectivity index (χ0) is 18.4. The second-order valence-corrected chi connectivity index (χ2v) is 8.72. The van der Waals surface area contributed by atoms with Crippen LogP contribution in [0.3, 0.4) is 0 Å². The minimum Gasteiger partial charge on any atom is -0.331 e. The van der Waals surface area contributed by atoms with Crippen molar-refractivity contribution in [2.24, 2.45) is 5.92 Å². The number of fused-ring (bicyclic) bond motifs is 4. The second kappa shape index (κ2) is 6.53. The fraction of sp³-hybridized carbons (Fsp3) is 0.562. The number of urea groups is 1. The summed E-state index contributed by atoms with van der Waals surface area (Å²) in [4.78, 5) is 15.2. The zero-order valence-electron chi connectivity index (χ0n) is 14.2. The number of carbonyl (C=O) groups excluding carboxylic acids is 1. The first-order chi connectivity index (χ1) is 11.7. The first-order valence-electron chi connectivity index (χ1n) is 8.13. The van der Waals surface area contributed by atoms with E-state index in [0.29, 0.717) is 25.6 Å². The molecule has 0 spiro atoms. The van der Waals surface area contributed by atoms with Crippen LogP contribution in [-0.4, -0.2) is 68.3 Å². The van der Waals surface area contributed by atoms with Crippen LogP contribution >= 0.6 is 0 Å². The summed E-state index contributed by atoms with van der Waals surface area (Å²) in [5.41, 5.74) is 0.